The van der Waals surface area contributed by atoms with Gasteiger partial charge in [0.15, 0.2) is 0 Å². The standard InChI is InChI=1S/C16H25FN2O2/c1-4-5-10-21-15-8-7-14(17)11-13(15)6-9-16(20)19-18-12(2)3/h7-8,11-12,18H,4-6,9-10H2,1-3H3,(H,19,20). The lowest BCUT2D eigenvalue weighted by Gasteiger charge is -2.12. The van der Waals surface area contributed by atoms with E-state index in [-0.39, 0.29) is 24.2 Å². The largest absolute Gasteiger partial charge is 0.493 e. The first-order valence-corrected chi connectivity index (χ1v) is 7.48. The zero-order chi connectivity index (χ0) is 15.7. The van der Waals surface area contributed by atoms with Crippen molar-refractivity contribution in [3.8, 4) is 5.75 Å². The molecule has 0 aliphatic rings. The Kier molecular flexibility index (Phi) is 7.75. The lowest BCUT2D eigenvalue weighted by Crippen LogP contribution is -2.41. The normalized spacial score (nSPS) is 10.7. The van der Waals surface area contributed by atoms with Gasteiger partial charge in [0, 0.05) is 12.5 Å². The molecule has 21 heavy (non-hydrogen) atoms. The lowest BCUT2D eigenvalue weighted by atomic mass is 10.1. The number of ether oxygens (including phenoxy) is 1. The van der Waals surface area contributed by atoms with Crippen LogP contribution in [0.2, 0.25) is 0 Å². The summed E-state index contributed by atoms with van der Waals surface area (Å²) in [6.45, 7) is 6.57. The zero-order valence-corrected chi connectivity index (χ0v) is 13.0. The van der Waals surface area contributed by atoms with Crippen molar-refractivity contribution in [2.24, 2.45) is 0 Å². The molecule has 0 aromatic heterocycles. The maximum Gasteiger partial charge on any atom is 0.234 e. The molecule has 1 amide bonds. The fourth-order valence-corrected chi connectivity index (χ4v) is 1.75. The third-order valence-corrected chi connectivity index (χ3v) is 2.90. The van der Waals surface area contributed by atoms with Crippen LogP contribution in [-0.2, 0) is 11.2 Å². The Balaban J connectivity index is 2.55. The molecule has 0 unspecified atom stereocenters. The van der Waals surface area contributed by atoms with Gasteiger partial charge in [0.1, 0.15) is 11.6 Å². The second-order valence-corrected chi connectivity index (χ2v) is 5.30. The summed E-state index contributed by atoms with van der Waals surface area (Å²) in [5, 5.41) is 0. The van der Waals surface area contributed by atoms with E-state index in [1.807, 2.05) is 13.8 Å². The summed E-state index contributed by atoms with van der Waals surface area (Å²) in [5.41, 5.74) is 6.19. The molecule has 1 aromatic carbocycles. The third kappa shape index (κ3) is 7.09. The van der Waals surface area contributed by atoms with Crippen molar-refractivity contribution in [2.45, 2.75) is 52.5 Å². The molecule has 0 spiro atoms. The molecule has 0 heterocycles. The van der Waals surface area contributed by atoms with E-state index in [2.05, 4.69) is 17.8 Å². The Morgan fingerprint density at radius 1 is 1.38 bits per heavy atom. The quantitative estimate of drug-likeness (QED) is 0.544. The fourth-order valence-electron chi connectivity index (χ4n) is 1.75. The number of halogens is 1. The summed E-state index contributed by atoms with van der Waals surface area (Å²) in [6, 6.07) is 4.62. The molecular weight excluding hydrogens is 271 g/mol. The number of carbonyl (C=O) groups is 1. The summed E-state index contributed by atoms with van der Waals surface area (Å²) in [4.78, 5) is 11.7. The van der Waals surface area contributed by atoms with Gasteiger partial charge in [0.05, 0.1) is 6.61 Å². The molecule has 0 atom stereocenters. The van der Waals surface area contributed by atoms with Crippen molar-refractivity contribution >= 4 is 5.91 Å². The van der Waals surface area contributed by atoms with Gasteiger partial charge in [-0.25, -0.2) is 9.82 Å². The highest BCUT2D eigenvalue weighted by atomic mass is 19.1. The molecule has 0 aliphatic heterocycles. The first-order valence-electron chi connectivity index (χ1n) is 7.48. The van der Waals surface area contributed by atoms with E-state index in [1.54, 1.807) is 6.07 Å². The maximum atomic E-state index is 13.3. The molecule has 2 N–H and O–H groups in total. The van der Waals surface area contributed by atoms with Crippen LogP contribution < -0.4 is 15.6 Å². The third-order valence-electron chi connectivity index (χ3n) is 2.90. The molecule has 0 fully saturated rings. The van der Waals surface area contributed by atoms with E-state index in [1.165, 1.54) is 12.1 Å². The lowest BCUT2D eigenvalue weighted by molar-refractivity contribution is -0.122. The first kappa shape index (κ1) is 17.4. The van der Waals surface area contributed by atoms with Crippen molar-refractivity contribution in [3.63, 3.8) is 0 Å². The number of hydrogen-bond acceptors (Lipinski definition) is 3. The number of aryl methyl sites for hydroxylation is 1. The number of carbonyl (C=O) groups excluding carboxylic acids is 1. The second kappa shape index (κ2) is 9.34. The fraction of sp³-hybridized carbons (Fsp3) is 0.562. The van der Waals surface area contributed by atoms with Crippen molar-refractivity contribution in [1.82, 2.24) is 10.9 Å². The topological polar surface area (TPSA) is 50.4 Å². The predicted octanol–water partition coefficient (Wildman–Crippen LogP) is 2.97. The van der Waals surface area contributed by atoms with Crippen LogP contribution in [0.3, 0.4) is 0 Å². The first-order chi connectivity index (χ1) is 10.0. The van der Waals surface area contributed by atoms with E-state index in [9.17, 15) is 9.18 Å². The number of nitrogens with one attached hydrogen (secondary N) is 2. The minimum atomic E-state index is -0.312. The molecule has 1 rings (SSSR count). The highest BCUT2D eigenvalue weighted by Gasteiger charge is 2.09. The summed E-state index contributed by atoms with van der Waals surface area (Å²) in [5.74, 6) is 0.232. The number of hydrogen-bond donors (Lipinski definition) is 2. The van der Waals surface area contributed by atoms with Gasteiger partial charge >= 0.3 is 0 Å². The summed E-state index contributed by atoms with van der Waals surface area (Å²) in [7, 11) is 0. The molecule has 0 bridgehead atoms. The molecule has 0 radical (unpaired) electrons. The van der Waals surface area contributed by atoms with Crippen LogP contribution in [0.5, 0.6) is 5.75 Å². The molecule has 0 saturated heterocycles. The number of unbranched alkanes of at least 4 members (excludes halogenated alkanes) is 1. The SMILES string of the molecule is CCCCOc1ccc(F)cc1CCC(=O)NNC(C)C. The van der Waals surface area contributed by atoms with E-state index in [0.717, 1.165) is 18.4 Å². The Labute approximate surface area is 126 Å². The average Bonchev–Trinajstić information content (AvgIpc) is 2.45. The highest BCUT2D eigenvalue weighted by Crippen LogP contribution is 2.21. The number of amides is 1. The van der Waals surface area contributed by atoms with Gasteiger partial charge in [0.25, 0.3) is 0 Å². The van der Waals surface area contributed by atoms with E-state index in [4.69, 9.17) is 4.74 Å². The monoisotopic (exact) mass is 296 g/mol. The van der Waals surface area contributed by atoms with Crippen LogP contribution in [0.25, 0.3) is 0 Å². The van der Waals surface area contributed by atoms with E-state index >= 15 is 0 Å². The van der Waals surface area contributed by atoms with Crippen molar-refractivity contribution < 1.29 is 13.9 Å². The van der Waals surface area contributed by atoms with Crippen LogP contribution in [-0.4, -0.2) is 18.6 Å². The number of benzene rings is 1. The van der Waals surface area contributed by atoms with Crippen LogP contribution >= 0.6 is 0 Å². The van der Waals surface area contributed by atoms with Crippen molar-refractivity contribution in [1.29, 1.82) is 0 Å². The van der Waals surface area contributed by atoms with Crippen LogP contribution in [0.15, 0.2) is 18.2 Å². The minimum Gasteiger partial charge on any atom is -0.493 e. The Morgan fingerprint density at radius 3 is 2.81 bits per heavy atom. The van der Waals surface area contributed by atoms with Gasteiger partial charge < -0.3 is 4.74 Å². The molecule has 118 valence electrons. The van der Waals surface area contributed by atoms with Gasteiger partial charge in [-0.2, -0.15) is 0 Å². The molecule has 5 heteroatoms. The van der Waals surface area contributed by atoms with Crippen LogP contribution in [0.4, 0.5) is 4.39 Å². The Morgan fingerprint density at radius 2 is 2.14 bits per heavy atom. The number of hydrazine groups is 1. The molecular formula is C16H25FN2O2. The summed E-state index contributed by atoms with van der Waals surface area (Å²) < 4.78 is 19.0. The number of rotatable bonds is 9. The van der Waals surface area contributed by atoms with Gasteiger partial charge in [-0.1, -0.05) is 13.3 Å². The second-order valence-electron chi connectivity index (χ2n) is 5.30. The Bertz CT molecular complexity index is 450. The Hall–Kier alpha value is -1.62. The highest BCUT2D eigenvalue weighted by molar-refractivity contribution is 5.75. The molecule has 0 saturated carbocycles. The zero-order valence-electron chi connectivity index (χ0n) is 13.0. The minimum absolute atomic E-state index is 0.118. The molecule has 0 aliphatic carbocycles. The predicted molar refractivity (Wildman–Crippen MR) is 81.5 cm³/mol. The van der Waals surface area contributed by atoms with Crippen molar-refractivity contribution in [2.75, 3.05) is 6.61 Å². The molecule has 4 nitrogen and oxygen atoms in total. The van der Waals surface area contributed by atoms with Gasteiger partial charge in [-0.15, -0.1) is 0 Å². The van der Waals surface area contributed by atoms with Crippen LogP contribution in [0.1, 0.15) is 45.6 Å². The van der Waals surface area contributed by atoms with Crippen LogP contribution in [0, 0.1) is 5.82 Å². The van der Waals surface area contributed by atoms with Crippen molar-refractivity contribution in [3.05, 3.63) is 29.6 Å². The maximum absolute atomic E-state index is 13.3. The van der Waals surface area contributed by atoms with E-state index < -0.39 is 0 Å². The van der Waals surface area contributed by atoms with Gasteiger partial charge in [-0.3, -0.25) is 10.2 Å². The summed E-state index contributed by atoms with van der Waals surface area (Å²) >= 11 is 0. The summed E-state index contributed by atoms with van der Waals surface area (Å²) in [6.07, 6.45) is 2.73. The van der Waals surface area contributed by atoms with Gasteiger partial charge in [-0.05, 0) is 50.5 Å². The van der Waals surface area contributed by atoms with E-state index in [0.29, 0.717) is 18.8 Å². The smallest absolute Gasteiger partial charge is 0.234 e. The molecule has 1 aromatic rings. The van der Waals surface area contributed by atoms with Gasteiger partial charge in [0.2, 0.25) is 5.91 Å². The average molecular weight is 296 g/mol.